The topological polar surface area (TPSA) is 91.8 Å². The van der Waals surface area contributed by atoms with Crippen molar-refractivity contribution < 1.29 is 17.9 Å². The highest BCUT2D eigenvalue weighted by molar-refractivity contribution is 7.91. The van der Waals surface area contributed by atoms with Crippen LogP contribution in [0.3, 0.4) is 0 Å². The molecule has 1 heterocycles. The van der Waals surface area contributed by atoms with Crippen LogP contribution in [0.4, 0.5) is 15.6 Å². The standard InChI is InChI=1S/C16H22N4O4S2/c1-6-24-13-9-7-12(8-10-13)20(5)16(21)18-15-17-11(2)14(25-15)26(22,23)19(3)4/h7-10H,6H2,1-5H3,(H,17,18,21). The van der Waals surface area contributed by atoms with Crippen molar-refractivity contribution in [1.29, 1.82) is 0 Å². The van der Waals surface area contributed by atoms with E-state index in [1.165, 1.54) is 19.0 Å². The summed E-state index contributed by atoms with van der Waals surface area (Å²) in [5, 5.41) is 2.86. The summed E-state index contributed by atoms with van der Waals surface area (Å²) >= 11 is 0.925. The third kappa shape index (κ3) is 4.32. The van der Waals surface area contributed by atoms with Gasteiger partial charge in [0.2, 0.25) is 0 Å². The van der Waals surface area contributed by atoms with Crippen molar-refractivity contribution in [2.45, 2.75) is 18.1 Å². The number of carbonyl (C=O) groups is 1. The third-order valence-corrected chi connectivity index (χ3v) is 7.00. The van der Waals surface area contributed by atoms with Crippen molar-refractivity contribution in [2.24, 2.45) is 0 Å². The first-order valence-corrected chi connectivity index (χ1v) is 10.1. The number of nitrogens with one attached hydrogen (secondary N) is 1. The van der Waals surface area contributed by atoms with Gasteiger partial charge in [-0.2, -0.15) is 0 Å². The highest BCUT2D eigenvalue weighted by Crippen LogP contribution is 2.29. The molecule has 0 saturated heterocycles. The molecule has 0 bridgehead atoms. The molecule has 0 atom stereocenters. The maximum absolute atomic E-state index is 12.4. The molecule has 0 aliphatic heterocycles. The molecule has 10 heteroatoms. The lowest BCUT2D eigenvalue weighted by Crippen LogP contribution is -2.31. The van der Waals surface area contributed by atoms with Crippen LogP contribution < -0.4 is 15.0 Å². The summed E-state index contributed by atoms with van der Waals surface area (Å²) in [6.45, 7) is 4.06. The van der Waals surface area contributed by atoms with Crippen LogP contribution >= 0.6 is 11.3 Å². The number of hydrogen-bond acceptors (Lipinski definition) is 6. The quantitative estimate of drug-likeness (QED) is 0.808. The number of rotatable bonds is 6. The van der Waals surface area contributed by atoms with Crippen molar-refractivity contribution in [3.63, 3.8) is 0 Å². The van der Waals surface area contributed by atoms with Crippen molar-refractivity contribution in [3.8, 4) is 5.75 Å². The van der Waals surface area contributed by atoms with Gasteiger partial charge in [-0.3, -0.25) is 10.2 Å². The molecular formula is C16H22N4O4S2. The molecule has 0 radical (unpaired) electrons. The Morgan fingerprint density at radius 1 is 1.23 bits per heavy atom. The molecule has 142 valence electrons. The largest absolute Gasteiger partial charge is 0.494 e. The van der Waals surface area contributed by atoms with Crippen molar-refractivity contribution >= 4 is 38.2 Å². The number of thiazole rings is 1. The van der Waals surface area contributed by atoms with E-state index >= 15 is 0 Å². The number of carbonyl (C=O) groups excluding carboxylic acids is 1. The Balaban J connectivity index is 2.14. The second-order valence-electron chi connectivity index (χ2n) is 5.60. The van der Waals surface area contributed by atoms with Crippen LogP contribution in [0, 0.1) is 6.92 Å². The van der Waals surface area contributed by atoms with E-state index in [9.17, 15) is 13.2 Å². The molecule has 1 aromatic carbocycles. The fourth-order valence-electron chi connectivity index (χ4n) is 2.07. The fraction of sp³-hybridized carbons (Fsp3) is 0.375. The van der Waals surface area contributed by atoms with Crippen LogP contribution in [0.1, 0.15) is 12.6 Å². The van der Waals surface area contributed by atoms with E-state index in [1.807, 2.05) is 6.92 Å². The molecular weight excluding hydrogens is 376 g/mol. The third-order valence-electron chi connectivity index (χ3n) is 3.52. The molecule has 0 aliphatic carbocycles. The summed E-state index contributed by atoms with van der Waals surface area (Å²) < 4.78 is 31.1. The first-order valence-electron chi connectivity index (χ1n) is 7.84. The summed E-state index contributed by atoms with van der Waals surface area (Å²) in [7, 11) is 0.921. The zero-order chi connectivity index (χ0) is 19.5. The number of hydrogen-bond donors (Lipinski definition) is 1. The minimum atomic E-state index is -3.59. The van der Waals surface area contributed by atoms with Gasteiger partial charge in [-0.15, -0.1) is 0 Å². The number of sulfonamides is 1. The molecule has 8 nitrogen and oxygen atoms in total. The Labute approximate surface area is 157 Å². The van der Waals surface area contributed by atoms with Crippen LogP contribution in [-0.2, 0) is 10.0 Å². The molecule has 0 saturated carbocycles. The lowest BCUT2D eigenvalue weighted by Gasteiger charge is -2.17. The van der Waals surface area contributed by atoms with Gasteiger partial charge < -0.3 is 4.74 Å². The molecule has 0 aliphatic rings. The van der Waals surface area contributed by atoms with E-state index in [4.69, 9.17) is 4.74 Å². The average Bonchev–Trinajstić information content (AvgIpc) is 2.96. The lowest BCUT2D eigenvalue weighted by molar-refractivity contribution is 0.258. The Bertz CT molecular complexity index is 876. The van der Waals surface area contributed by atoms with Gasteiger partial charge >= 0.3 is 6.03 Å². The Hall–Kier alpha value is -2.17. The molecule has 0 unspecified atom stereocenters. The monoisotopic (exact) mass is 398 g/mol. The maximum Gasteiger partial charge on any atom is 0.327 e. The molecule has 1 N–H and O–H groups in total. The molecule has 2 amide bonds. The summed E-state index contributed by atoms with van der Waals surface area (Å²) in [5.74, 6) is 0.721. The average molecular weight is 399 g/mol. The Morgan fingerprint density at radius 2 is 1.85 bits per heavy atom. The van der Waals surface area contributed by atoms with Gasteiger partial charge in [0.1, 0.15) is 5.75 Å². The highest BCUT2D eigenvalue weighted by Gasteiger charge is 2.25. The summed E-state index contributed by atoms with van der Waals surface area (Å²) in [6, 6.07) is 6.66. The van der Waals surface area contributed by atoms with Gasteiger partial charge in [-0.05, 0) is 38.1 Å². The number of benzene rings is 1. The van der Waals surface area contributed by atoms with Crippen molar-refractivity contribution in [2.75, 3.05) is 38.0 Å². The molecule has 26 heavy (non-hydrogen) atoms. The second-order valence-corrected chi connectivity index (χ2v) is 8.94. The van der Waals surface area contributed by atoms with Crippen LogP contribution in [-0.4, -0.2) is 51.5 Å². The van der Waals surface area contributed by atoms with E-state index < -0.39 is 16.1 Å². The smallest absolute Gasteiger partial charge is 0.327 e. The second kappa shape index (κ2) is 8.02. The predicted octanol–water partition coefficient (Wildman–Crippen LogP) is 2.77. The number of urea groups is 1. The van der Waals surface area contributed by atoms with Gasteiger partial charge in [-0.25, -0.2) is 22.5 Å². The number of ether oxygens (including phenoxy) is 1. The fourth-order valence-corrected chi connectivity index (χ4v) is 4.61. The number of anilines is 2. The minimum absolute atomic E-state index is 0.113. The first kappa shape index (κ1) is 20.1. The highest BCUT2D eigenvalue weighted by atomic mass is 32.2. The number of nitrogens with zero attached hydrogens (tertiary/aromatic N) is 3. The van der Waals surface area contributed by atoms with Gasteiger partial charge in [0, 0.05) is 26.8 Å². The van der Waals surface area contributed by atoms with Crippen LogP contribution in [0.25, 0.3) is 0 Å². The molecule has 1 aromatic heterocycles. The maximum atomic E-state index is 12.4. The van der Waals surface area contributed by atoms with Gasteiger partial charge in [0.15, 0.2) is 9.34 Å². The molecule has 0 fully saturated rings. The van der Waals surface area contributed by atoms with E-state index in [2.05, 4.69) is 10.3 Å². The van der Waals surface area contributed by atoms with E-state index in [0.29, 0.717) is 18.0 Å². The van der Waals surface area contributed by atoms with E-state index in [1.54, 1.807) is 38.2 Å². The van der Waals surface area contributed by atoms with Crippen molar-refractivity contribution in [3.05, 3.63) is 30.0 Å². The molecule has 2 rings (SSSR count). The van der Waals surface area contributed by atoms with E-state index in [-0.39, 0.29) is 9.34 Å². The zero-order valence-corrected chi connectivity index (χ0v) is 16.9. The summed E-state index contributed by atoms with van der Waals surface area (Å²) in [5.41, 5.74) is 1.02. The summed E-state index contributed by atoms with van der Waals surface area (Å²) in [4.78, 5) is 18.0. The summed E-state index contributed by atoms with van der Waals surface area (Å²) in [6.07, 6.45) is 0. The predicted molar refractivity (Wildman–Crippen MR) is 103 cm³/mol. The van der Waals surface area contributed by atoms with Gasteiger partial charge in [-0.1, -0.05) is 11.3 Å². The van der Waals surface area contributed by atoms with Crippen LogP contribution in [0.2, 0.25) is 0 Å². The minimum Gasteiger partial charge on any atom is -0.494 e. The first-order chi connectivity index (χ1) is 12.2. The van der Waals surface area contributed by atoms with Crippen LogP contribution in [0.5, 0.6) is 5.75 Å². The Morgan fingerprint density at radius 3 is 2.38 bits per heavy atom. The SMILES string of the molecule is CCOc1ccc(N(C)C(=O)Nc2nc(C)c(S(=O)(=O)N(C)C)s2)cc1. The Kier molecular flexibility index (Phi) is 6.21. The molecule has 0 spiro atoms. The molecule has 2 aromatic rings. The number of aryl methyl sites for hydroxylation is 1. The number of amides is 2. The lowest BCUT2D eigenvalue weighted by atomic mass is 10.3. The van der Waals surface area contributed by atoms with E-state index in [0.717, 1.165) is 21.4 Å². The zero-order valence-electron chi connectivity index (χ0n) is 15.3. The van der Waals surface area contributed by atoms with Gasteiger partial charge in [0.05, 0.1) is 12.3 Å². The van der Waals surface area contributed by atoms with Crippen molar-refractivity contribution in [1.82, 2.24) is 9.29 Å². The van der Waals surface area contributed by atoms with Gasteiger partial charge in [0.25, 0.3) is 10.0 Å². The van der Waals surface area contributed by atoms with Crippen LogP contribution in [0.15, 0.2) is 28.5 Å². The normalized spacial score (nSPS) is 11.5. The number of aromatic nitrogens is 1.